The van der Waals surface area contributed by atoms with Gasteiger partial charge in [0.15, 0.2) is 0 Å². The van der Waals surface area contributed by atoms with E-state index in [2.05, 4.69) is 5.32 Å². The quantitative estimate of drug-likeness (QED) is 0.851. The van der Waals surface area contributed by atoms with Gasteiger partial charge in [0.2, 0.25) is 0 Å². The Kier molecular flexibility index (Phi) is 3.69. The second kappa shape index (κ2) is 5.04. The number of benzene rings is 1. The molecule has 16 heavy (non-hydrogen) atoms. The second-order valence-corrected chi connectivity index (χ2v) is 4.57. The minimum absolute atomic E-state index is 0.228. The lowest BCUT2D eigenvalue weighted by Crippen LogP contribution is -2.15. The maximum absolute atomic E-state index is 9.11. The minimum atomic E-state index is 0.228. The molecule has 88 valence electrons. The molecule has 0 spiro atoms. The topological polar surface area (TPSA) is 41.5 Å². The third-order valence-corrected chi connectivity index (χ3v) is 3.28. The van der Waals surface area contributed by atoms with Crippen molar-refractivity contribution in [1.82, 2.24) is 5.32 Å². The van der Waals surface area contributed by atoms with Gasteiger partial charge in [0.05, 0.1) is 7.11 Å². The lowest BCUT2D eigenvalue weighted by atomic mass is 10.00. The molecule has 0 aromatic heterocycles. The SMILES string of the molecule is COc1ccc(Cl)cc1C1CC(CO)CN1. The maximum Gasteiger partial charge on any atom is 0.123 e. The van der Waals surface area contributed by atoms with Gasteiger partial charge in [-0.25, -0.2) is 0 Å². The number of nitrogens with one attached hydrogen (secondary N) is 1. The highest BCUT2D eigenvalue weighted by Crippen LogP contribution is 2.34. The summed E-state index contributed by atoms with van der Waals surface area (Å²) < 4.78 is 5.32. The van der Waals surface area contributed by atoms with Crippen molar-refractivity contribution >= 4 is 11.6 Å². The zero-order valence-electron chi connectivity index (χ0n) is 9.24. The van der Waals surface area contributed by atoms with E-state index in [0.717, 1.165) is 24.3 Å². The normalized spacial score (nSPS) is 24.7. The van der Waals surface area contributed by atoms with E-state index in [-0.39, 0.29) is 12.6 Å². The molecular weight excluding hydrogens is 226 g/mol. The molecule has 0 aliphatic carbocycles. The van der Waals surface area contributed by atoms with E-state index in [0.29, 0.717) is 10.9 Å². The summed E-state index contributed by atoms with van der Waals surface area (Å²) in [4.78, 5) is 0. The van der Waals surface area contributed by atoms with Crippen molar-refractivity contribution in [3.63, 3.8) is 0 Å². The van der Waals surface area contributed by atoms with E-state index in [9.17, 15) is 0 Å². The van der Waals surface area contributed by atoms with Gasteiger partial charge in [-0.05, 0) is 30.5 Å². The highest BCUT2D eigenvalue weighted by molar-refractivity contribution is 6.30. The minimum Gasteiger partial charge on any atom is -0.496 e. The van der Waals surface area contributed by atoms with Gasteiger partial charge in [-0.1, -0.05) is 11.6 Å². The fraction of sp³-hybridized carbons (Fsp3) is 0.500. The third-order valence-electron chi connectivity index (χ3n) is 3.05. The first-order valence-electron chi connectivity index (χ1n) is 5.42. The Morgan fingerprint density at radius 1 is 1.56 bits per heavy atom. The Hall–Kier alpha value is -0.770. The molecule has 3 nitrogen and oxygen atoms in total. The van der Waals surface area contributed by atoms with Crippen LogP contribution in [0.1, 0.15) is 18.0 Å². The smallest absolute Gasteiger partial charge is 0.123 e. The van der Waals surface area contributed by atoms with Gasteiger partial charge in [-0.2, -0.15) is 0 Å². The first kappa shape index (κ1) is 11.7. The van der Waals surface area contributed by atoms with E-state index in [4.69, 9.17) is 21.4 Å². The molecule has 2 unspecified atom stereocenters. The number of hydrogen-bond donors (Lipinski definition) is 2. The van der Waals surface area contributed by atoms with Crippen LogP contribution >= 0.6 is 11.6 Å². The van der Waals surface area contributed by atoms with E-state index in [1.54, 1.807) is 7.11 Å². The van der Waals surface area contributed by atoms with Crippen LogP contribution in [0.5, 0.6) is 5.75 Å². The highest BCUT2D eigenvalue weighted by Gasteiger charge is 2.26. The van der Waals surface area contributed by atoms with Crippen LogP contribution in [0.3, 0.4) is 0 Å². The average Bonchev–Trinajstić information content (AvgIpc) is 2.77. The zero-order valence-corrected chi connectivity index (χ0v) is 10.00. The second-order valence-electron chi connectivity index (χ2n) is 4.13. The van der Waals surface area contributed by atoms with Gasteiger partial charge in [-0.3, -0.25) is 0 Å². The van der Waals surface area contributed by atoms with Gasteiger partial charge < -0.3 is 15.2 Å². The number of methoxy groups -OCH3 is 1. The largest absolute Gasteiger partial charge is 0.496 e. The van der Waals surface area contributed by atoms with Crippen LogP contribution in [0, 0.1) is 5.92 Å². The van der Waals surface area contributed by atoms with Gasteiger partial charge in [-0.15, -0.1) is 0 Å². The molecule has 1 aliphatic heterocycles. The van der Waals surface area contributed by atoms with Crippen molar-refractivity contribution < 1.29 is 9.84 Å². The van der Waals surface area contributed by atoms with Crippen molar-refractivity contribution in [3.05, 3.63) is 28.8 Å². The maximum atomic E-state index is 9.11. The Labute approximate surface area is 100 Å². The van der Waals surface area contributed by atoms with Crippen LogP contribution in [-0.4, -0.2) is 25.4 Å². The average molecular weight is 242 g/mol. The monoisotopic (exact) mass is 241 g/mol. The predicted octanol–water partition coefficient (Wildman–Crippen LogP) is 1.99. The predicted molar refractivity (Wildman–Crippen MR) is 63.9 cm³/mol. The fourth-order valence-corrected chi connectivity index (χ4v) is 2.34. The Morgan fingerprint density at radius 2 is 2.38 bits per heavy atom. The van der Waals surface area contributed by atoms with Crippen LogP contribution < -0.4 is 10.1 Å². The molecule has 2 N–H and O–H groups in total. The van der Waals surface area contributed by atoms with E-state index in [1.807, 2.05) is 18.2 Å². The molecule has 1 aromatic rings. The molecule has 1 fully saturated rings. The molecule has 0 amide bonds. The molecule has 1 aromatic carbocycles. The van der Waals surface area contributed by atoms with Crippen LogP contribution in [0.2, 0.25) is 5.02 Å². The summed E-state index contributed by atoms with van der Waals surface area (Å²) in [6.45, 7) is 1.07. The van der Waals surface area contributed by atoms with Crippen LogP contribution in [0.25, 0.3) is 0 Å². The van der Waals surface area contributed by atoms with Crippen molar-refractivity contribution in [2.24, 2.45) is 5.92 Å². The molecule has 1 aliphatic rings. The molecule has 2 rings (SSSR count). The number of halogens is 1. The summed E-state index contributed by atoms with van der Waals surface area (Å²) in [5, 5.41) is 13.2. The highest BCUT2D eigenvalue weighted by atomic mass is 35.5. The van der Waals surface area contributed by atoms with Crippen LogP contribution in [0.4, 0.5) is 0 Å². The van der Waals surface area contributed by atoms with Gasteiger partial charge in [0.25, 0.3) is 0 Å². The Balaban J connectivity index is 2.22. The van der Waals surface area contributed by atoms with Gasteiger partial charge in [0, 0.05) is 29.8 Å². The van der Waals surface area contributed by atoms with E-state index < -0.39 is 0 Å². The van der Waals surface area contributed by atoms with Crippen molar-refractivity contribution in [2.45, 2.75) is 12.5 Å². The standard InChI is InChI=1S/C12H16ClNO2/c1-16-12-3-2-9(13)5-10(12)11-4-8(7-15)6-14-11/h2-3,5,8,11,14-15H,4,6-7H2,1H3. The summed E-state index contributed by atoms with van der Waals surface area (Å²) in [5.41, 5.74) is 1.07. The van der Waals surface area contributed by atoms with Crippen LogP contribution in [0.15, 0.2) is 18.2 Å². The lowest BCUT2D eigenvalue weighted by molar-refractivity contribution is 0.235. The zero-order chi connectivity index (χ0) is 11.5. The summed E-state index contributed by atoms with van der Waals surface area (Å²) in [6, 6.07) is 5.86. The van der Waals surface area contributed by atoms with Crippen molar-refractivity contribution in [1.29, 1.82) is 0 Å². The van der Waals surface area contributed by atoms with Crippen LogP contribution in [-0.2, 0) is 0 Å². The van der Waals surface area contributed by atoms with Gasteiger partial charge >= 0.3 is 0 Å². The lowest BCUT2D eigenvalue weighted by Gasteiger charge is -2.15. The number of aliphatic hydroxyl groups is 1. The molecule has 1 saturated heterocycles. The molecule has 2 atom stereocenters. The van der Waals surface area contributed by atoms with Gasteiger partial charge in [0.1, 0.15) is 5.75 Å². The first-order chi connectivity index (χ1) is 7.74. The number of aliphatic hydroxyl groups excluding tert-OH is 1. The third kappa shape index (κ3) is 2.32. The summed E-state index contributed by atoms with van der Waals surface area (Å²) >= 11 is 5.99. The number of ether oxygens (including phenoxy) is 1. The molecule has 0 radical (unpaired) electrons. The summed E-state index contributed by atoms with van der Waals surface area (Å²) in [6.07, 6.45) is 0.924. The van der Waals surface area contributed by atoms with Crippen molar-refractivity contribution in [3.8, 4) is 5.75 Å². The number of rotatable bonds is 3. The molecule has 1 heterocycles. The summed E-state index contributed by atoms with van der Waals surface area (Å²) in [7, 11) is 1.66. The molecule has 0 bridgehead atoms. The molecule has 0 saturated carbocycles. The van der Waals surface area contributed by atoms with Crippen molar-refractivity contribution in [2.75, 3.05) is 20.3 Å². The molecule has 4 heteroatoms. The first-order valence-corrected chi connectivity index (χ1v) is 5.80. The Bertz CT molecular complexity index is 370. The fourth-order valence-electron chi connectivity index (χ4n) is 2.16. The van der Waals surface area contributed by atoms with E-state index in [1.165, 1.54) is 0 Å². The number of hydrogen-bond acceptors (Lipinski definition) is 3. The Morgan fingerprint density at radius 3 is 3.00 bits per heavy atom. The van der Waals surface area contributed by atoms with E-state index >= 15 is 0 Å². The summed E-state index contributed by atoms with van der Waals surface area (Å²) in [5.74, 6) is 1.18. The molecular formula is C12H16ClNO2.